The second-order valence-corrected chi connectivity index (χ2v) is 8.27. The van der Waals surface area contributed by atoms with Gasteiger partial charge in [-0.1, -0.05) is 40.0 Å². The average molecular weight is 308 g/mol. The van der Waals surface area contributed by atoms with Gasteiger partial charge in [0.1, 0.15) is 0 Å². The maximum Gasteiger partial charge on any atom is 0.504 e. The molecule has 0 aromatic carbocycles. The van der Waals surface area contributed by atoms with Crippen molar-refractivity contribution >= 4 is 23.2 Å². The summed E-state index contributed by atoms with van der Waals surface area (Å²) in [7, 11) is -0.192. The first-order valence-corrected chi connectivity index (χ1v) is 9.10. The minimum Gasteiger partial charge on any atom is -0.406 e. The van der Waals surface area contributed by atoms with E-state index in [1.54, 1.807) is 11.3 Å². The van der Waals surface area contributed by atoms with Crippen molar-refractivity contribution in [1.29, 1.82) is 0 Å². The minimum atomic E-state index is -0.192. The maximum atomic E-state index is 6.22. The molecule has 0 saturated carbocycles. The van der Waals surface area contributed by atoms with Crippen LogP contribution in [0.2, 0.25) is 0 Å². The van der Waals surface area contributed by atoms with Gasteiger partial charge in [0.25, 0.3) is 0 Å². The van der Waals surface area contributed by atoms with Gasteiger partial charge in [-0.2, -0.15) is 11.3 Å². The van der Waals surface area contributed by atoms with Crippen LogP contribution in [-0.2, 0) is 15.7 Å². The Morgan fingerprint density at radius 1 is 1.19 bits per heavy atom. The fraction of sp³-hybridized carbons (Fsp3) is 0.765. The molecule has 0 N–H and O–H groups in total. The molecule has 1 saturated heterocycles. The quantitative estimate of drug-likeness (QED) is 0.572. The van der Waals surface area contributed by atoms with E-state index in [0.29, 0.717) is 0 Å². The molecule has 1 aromatic rings. The Hall–Kier alpha value is -0.315. The third-order valence-electron chi connectivity index (χ3n) is 4.85. The van der Waals surface area contributed by atoms with E-state index in [-0.39, 0.29) is 18.1 Å². The van der Waals surface area contributed by atoms with Gasteiger partial charge in [-0.05, 0) is 43.7 Å². The van der Waals surface area contributed by atoms with Crippen LogP contribution < -0.4 is 4.78 Å². The number of rotatable bonds is 6. The molecule has 0 radical (unpaired) electrons. The Bertz CT molecular complexity index is 453. The van der Waals surface area contributed by atoms with Crippen molar-refractivity contribution in [1.82, 2.24) is 0 Å². The van der Waals surface area contributed by atoms with Crippen molar-refractivity contribution in [2.45, 2.75) is 72.3 Å². The smallest absolute Gasteiger partial charge is 0.406 e. The van der Waals surface area contributed by atoms with Crippen molar-refractivity contribution in [3.05, 3.63) is 17.0 Å². The number of thiophene rings is 1. The summed E-state index contributed by atoms with van der Waals surface area (Å²) in [6.07, 6.45) is 6.44. The highest BCUT2D eigenvalue weighted by Gasteiger charge is 2.47. The molecule has 2 rings (SSSR count). The summed E-state index contributed by atoms with van der Waals surface area (Å²) in [5, 5.41) is 2.26. The summed E-state index contributed by atoms with van der Waals surface area (Å²) in [5.41, 5.74) is 1.31. The summed E-state index contributed by atoms with van der Waals surface area (Å²) in [6.45, 7) is 11.7. The Morgan fingerprint density at radius 3 is 2.62 bits per heavy atom. The van der Waals surface area contributed by atoms with Gasteiger partial charge in [0, 0.05) is 16.8 Å². The van der Waals surface area contributed by atoms with Crippen LogP contribution in [0.5, 0.6) is 0 Å². The second-order valence-electron chi connectivity index (χ2n) is 7.32. The molecule has 118 valence electrons. The van der Waals surface area contributed by atoms with Crippen LogP contribution in [0, 0.1) is 5.41 Å². The molecule has 0 spiro atoms. The largest absolute Gasteiger partial charge is 0.504 e. The molecule has 4 heteroatoms. The lowest BCUT2D eigenvalue weighted by Gasteiger charge is -2.47. The van der Waals surface area contributed by atoms with Crippen LogP contribution in [0.25, 0.3) is 0 Å². The summed E-state index contributed by atoms with van der Waals surface area (Å²) < 4.78 is 13.4. The average Bonchev–Trinajstić information content (AvgIpc) is 2.87. The molecule has 0 bridgehead atoms. The third kappa shape index (κ3) is 4.11. The lowest BCUT2D eigenvalue weighted by Crippen LogP contribution is -2.57. The van der Waals surface area contributed by atoms with Gasteiger partial charge < -0.3 is 9.31 Å². The van der Waals surface area contributed by atoms with E-state index in [1.807, 2.05) is 0 Å². The van der Waals surface area contributed by atoms with Crippen molar-refractivity contribution < 1.29 is 9.31 Å². The Morgan fingerprint density at radius 2 is 1.95 bits per heavy atom. The third-order valence-corrected chi connectivity index (χ3v) is 5.86. The molecular weight excluding hydrogens is 279 g/mol. The van der Waals surface area contributed by atoms with Crippen LogP contribution in [0.15, 0.2) is 11.4 Å². The van der Waals surface area contributed by atoms with E-state index in [9.17, 15) is 0 Å². The van der Waals surface area contributed by atoms with Crippen LogP contribution in [0.3, 0.4) is 0 Å². The van der Waals surface area contributed by atoms with Crippen LogP contribution >= 0.6 is 11.3 Å². The number of unbranched alkanes of at least 4 members (excludes halogenated alkanes) is 3. The molecule has 1 aliphatic rings. The Labute approximate surface area is 134 Å². The van der Waals surface area contributed by atoms with Gasteiger partial charge in [-0.15, -0.1) is 0 Å². The zero-order valence-electron chi connectivity index (χ0n) is 14.2. The highest BCUT2D eigenvalue weighted by Crippen LogP contribution is 2.38. The maximum absolute atomic E-state index is 6.22. The molecule has 0 atom stereocenters. The molecule has 0 amide bonds. The molecule has 1 fully saturated rings. The van der Waals surface area contributed by atoms with E-state index >= 15 is 0 Å². The lowest BCUT2D eigenvalue weighted by atomic mass is 9.71. The molecule has 21 heavy (non-hydrogen) atoms. The first-order valence-electron chi connectivity index (χ1n) is 8.22. The first-order chi connectivity index (χ1) is 9.86. The highest BCUT2D eigenvalue weighted by molar-refractivity contribution is 7.20. The minimum absolute atomic E-state index is 0.0454. The molecule has 1 aliphatic heterocycles. The SMILES string of the molecule is CCCCCCc1csc(B2OCC(C)(C)C(C)(C)O2)c1. The van der Waals surface area contributed by atoms with Crippen molar-refractivity contribution in [2.24, 2.45) is 5.41 Å². The predicted octanol–water partition coefficient (Wildman–Crippen LogP) is 4.42. The summed E-state index contributed by atoms with van der Waals surface area (Å²) in [5.74, 6) is 0. The molecular formula is C17H29BO2S. The van der Waals surface area contributed by atoms with E-state index in [0.717, 1.165) is 6.61 Å². The lowest BCUT2D eigenvalue weighted by molar-refractivity contribution is -0.0935. The summed E-state index contributed by atoms with van der Waals surface area (Å²) in [4.78, 5) is 0. The number of aryl methyl sites for hydroxylation is 1. The number of hydrogen-bond acceptors (Lipinski definition) is 3. The van der Waals surface area contributed by atoms with Gasteiger partial charge in [0.2, 0.25) is 0 Å². The Balaban J connectivity index is 1.93. The van der Waals surface area contributed by atoms with Crippen molar-refractivity contribution in [3.8, 4) is 0 Å². The zero-order chi connectivity index (χ0) is 15.5. The van der Waals surface area contributed by atoms with E-state index in [1.165, 1.54) is 42.4 Å². The van der Waals surface area contributed by atoms with Gasteiger partial charge in [-0.25, -0.2) is 0 Å². The second kappa shape index (κ2) is 6.85. The molecule has 0 unspecified atom stereocenters. The molecule has 0 aliphatic carbocycles. The van der Waals surface area contributed by atoms with Gasteiger partial charge in [0.05, 0.1) is 5.60 Å². The number of hydrogen-bond donors (Lipinski definition) is 0. The van der Waals surface area contributed by atoms with E-state index in [4.69, 9.17) is 9.31 Å². The van der Waals surface area contributed by atoms with Crippen LogP contribution in [0.4, 0.5) is 0 Å². The Kier molecular flexibility index (Phi) is 5.56. The monoisotopic (exact) mass is 308 g/mol. The summed E-state index contributed by atoms with van der Waals surface area (Å²) in [6, 6.07) is 2.27. The van der Waals surface area contributed by atoms with Crippen LogP contribution in [0.1, 0.15) is 65.9 Å². The van der Waals surface area contributed by atoms with Gasteiger partial charge in [-0.3, -0.25) is 0 Å². The van der Waals surface area contributed by atoms with Gasteiger partial charge >= 0.3 is 7.12 Å². The molecule has 2 nitrogen and oxygen atoms in total. The first kappa shape index (κ1) is 17.0. The van der Waals surface area contributed by atoms with Crippen molar-refractivity contribution in [2.75, 3.05) is 6.61 Å². The molecule has 2 heterocycles. The van der Waals surface area contributed by atoms with Gasteiger partial charge in [0.15, 0.2) is 0 Å². The fourth-order valence-corrected chi connectivity index (χ4v) is 3.38. The normalized spacial score (nSPS) is 20.7. The fourth-order valence-electron chi connectivity index (χ4n) is 2.46. The highest BCUT2D eigenvalue weighted by atomic mass is 32.1. The predicted molar refractivity (Wildman–Crippen MR) is 92.5 cm³/mol. The van der Waals surface area contributed by atoms with E-state index in [2.05, 4.69) is 46.1 Å². The summed E-state index contributed by atoms with van der Waals surface area (Å²) >= 11 is 1.77. The topological polar surface area (TPSA) is 18.5 Å². The standard InChI is InChI=1S/C17H29BO2S/c1-6-7-8-9-10-14-11-15(21-12-14)18-19-13-16(2,3)17(4,5)20-18/h11-12H,6-10,13H2,1-5H3. The van der Waals surface area contributed by atoms with E-state index < -0.39 is 0 Å². The van der Waals surface area contributed by atoms with Crippen LogP contribution in [-0.4, -0.2) is 19.3 Å². The molecule has 1 aromatic heterocycles. The zero-order valence-corrected chi connectivity index (χ0v) is 15.0. The van der Waals surface area contributed by atoms with Crippen molar-refractivity contribution in [3.63, 3.8) is 0 Å².